The molecule has 2 aromatic rings. The Labute approximate surface area is 114 Å². The quantitative estimate of drug-likeness (QED) is 0.847. The van der Waals surface area contributed by atoms with Gasteiger partial charge in [-0.25, -0.2) is 10.5 Å². The maximum absolute atomic E-state index is 12.2. The molecule has 102 valence electrons. The molecule has 0 bridgehead atoms. The van der Waals surface area contributed by atoms with Crippen molar-refractivity contribution in [3.05, 3.63) is 33.2 Å². The smallest absolute Gasteiger partial charge is 0.268 e. The third-order valence-electron chi connectivity index (χ3n) is 2.31. The second kappa shape index (κ2) is 4.75. The summed E-state index contributed by atoms with van der Waals surface area (Å²) >= 11 is 1.36. The monoisotopic (exact) mass is 281 g/mol. The summed E-state index contributed by atoms with van der Waals surface area (Å²) in [5, 5.41) is 1.82. The molecule has 0 radical (unpaired) electrons. The van der Waals surface area contributed by atoms with Gasteiger partial charge in [-0.3, -0.25) is 18.8 Å². The summed E-state index contributed by atoms with van der Waals surface area (Å²) in [4.78, 5) is 33.9. The van der Waals surface area contributed by atoms with Crippen molar-refractivity contribution in [2.45, 2.75) is 33.3 Å². The maximum atomic E-state index is 12.2. The fourth-order valence-electron chi connectivity index (χ4n) is 1.44. The number of hydroxylamine groups is 1. The lowest BCUT2D eigenvalue weighted by molar-refractivity contribution is -0.0590. The zero-order chi connectivity index (χ0) is 14.2. The van der Waals surface area contributed by atoms with Gasteiger partial charge in [0.2, 0.25) is 0 Å². The molecule has 1 amide bonds. The van der Waals surface area contributed by atoms with Crippen molar-refractivity contribution >= 4 is 22.2 Å². The van der Waals surface area contributed by atoms with Gasteiger partial charge in [-0.2, -0.15) is 0 Å². The van der Waals surface area contributed by atoms with Gasteiger partial charge in [-0.05, 0) is 27.7 Å². The molecule has 0 atom stereocenters. The van der Waals surface area contributed by atoms with Gasteiger partial charge >= 0.3 is 0 Å². The molecular formula is C12H15N3O3S. The van der Waals surface area contributed by atoms with Crippen molar-refractivity contribution in [1.82, 2.24) is 14.9 Å². The molecule has 6 nitrogen and oxygen atoms in total. The number of fused-ring (bicyclic) bond motifs is 1. The van der Waals surface area contributed by atoms with Gasteiger partial charge in [0.25, 0.3) is 11.5 Å². The number of aromatic nitrogens is 2. The standard InChI is InChI=1S/C12H15N3O3S/c1-7-6-19-11-13-5-8(10(17)15(7)11)9(16)14-18-12(2,3)4/h5-6H,1-4H3,(H,14,16). The highest BCUT2D eigenvalue weighted by Crippen LogP contribution is 2.11. The zero-order valence-electron chi connectivity index (χ0n) is 11.2. The van der Waals surface area contributed by atoms with E-state index in [0.717, 1.165) is 5.69 Å². The summed E-state index contributed by atoms with van der Waals surface area (Å²) in [7, 11) is 0. The predicted molar refractivity (Wildman–Crippen MR) is 72.4 cm³/mol. The lowest BCUT2D eigenvalue weighted by Crippen LogP contribution is -2.37. The average Bonchev–Trinajstić information content (AvgIpc) is 2.68. The van der Waals surface area contributed by atoms with Crippen LogP contribution in [0.5, 0.6) is 0 Å². The molecular weight excluding hydrogens is 266 g/mol. The van der Waals surface area contributed by atoms with E-state index in [4.69, 9.17) is 4.84 Å². The first-order chi connectivity index (χ1) is 8.79. The van der Waals surface area contributed by atoms with Gasteiger partial charge in [0.1, 0.15) is 5.56 Å². The molecule has 0 aliphatic heterocycles. The molecule has 19 heavy (non-hydrogen) atoms. The molecule has 2 rings (SSSR count). The van der Waals surface area contributed by atoms with E-state index in [1.54, 1.807) is 27.7 Å². The first-order valence-corrected chi connectivity index (χ1v) is 6.62. The molecule has 0 saturated carbocycles. The molecule has 0 aromatic carbocycles. The molecule has 7 heteroatoms. The van der Waals surface area contributed by atoms with Gasteiger partial charge in [-0.1, -0.05) is 0 Å². The zero-order valence-corrected chi connectivity index (χ0v) is 12.0. The highest BCUT2D eigenvalue weighted by Gasteiger charge is 2.18. The Morgan fingerprint density at radius 1 is 1.47 bits per heavy atom. The minimum absolute atomic E-state index is 0.0387. The van der Waals surface area contributed by atoms with E-state index in [1.807, 2.05) is 5.38 Å². The van der Waals surface area contributed by atoms with Gasteiger partial charge in [0.05, 0.1) is 5.60 Å². The van der Waals surface area contributed by atoms with Crippen molar-refractivity contribution in [2.24, 2.45) is 0 Å². The Bertz CT molecular complexity index is 682. The summed E-state index contributed by atoms with van der Waals surface area (Å²) in [6, 6.07) is 0. The van der Waals surface area contributed by atoms with E-state index in [-0.39, 0.29) is 5.56 Å². The van der Waals surface area contributed by atoms with Crippen LogP contribution in [0.4, 0.5) is 0 Å². The fraction of sp³-hybridized carbons (Fsp3) is 0.417. The Morgan fingerprint density at radius 2 is 2.16 bits per heavy atom. The van der Waals surface area contributed by atoms with Crippen molar-refractivity contribution in [1.29, 1.82) is 0 Å². The van der Waals surface area contributed by atoms with Crippen LogP contribution >= 0.6 is 11.3 Å². The Balaban J connectivity index is 2.35. The summed E-state index contributed by atoms with van der Waals surface area (Å²) in [5.41, 5.74) is 2.07. The summed E-state index contributed by atoms with van der Waals surface area (Å²) in [5.74, 6) is -0.590. The van der Waals surface area contributed by atoms with Crippen molar-refractivity contribution in [3.8, 4) is 0 Å². The van der Waals surface area contributed by atoms with Crippen LogP contribution in [0.3, 0.4) is 0 Å². The van der Waals surface area contributed by atoms with Crippen LogP contribution in [-0.2, 0) is 4.84 Å². The minimum atomic E-state index is -0.590. The molecule has 0 unspecified atom stereocenters. The molecule has 0 saturated heterocycles. The Morgan fingerprint density at radius 3 is 2.79 bits per heavy atom. The van der Waals surface area contributed by atoms with Crippen LogP contribution in [0.15, 0.2) is 16.4 Å². The normalized spacial score (nSPS) is 11.8. The van der Waals surface area contributed by atoms with Crippen LogP contribution in [0.1, 0.15) is 36.8 Å². The largest absolute Gasteiger partial charge is 0.282 e. The first kappa shape index (κ1) is 13.7. The molecule has 2 heterocycles. The van der Waals surface area contributed by atoms with Crippen molar-refractivity contribution in [2.75, 3.05) is 0 Å². The SMILES string of the molecule is Cc1csc2ncc(C(=O)NOC(C)(C)C)c(=O)n12. The lowest BCUT2D eigenvalue weighted by Gasteiger charge is -2.18. The summed E-state index contributed by atoms with van der Waals surface area (Å²) in [6.45, 7) is 7.18. The molecule has 0 aliphatic carbocycles. The number of nitrogens with zero attached hydrogens (tertiary/aromatic N) is 2. The topological polar surface area (TPSA) is 72.7 Å². The van der Waals surface area contributed by atoms with Gasteiger partial charge in [0, 0.05) is 17.3 Å². The minimum Gasteiger partial charge on any atom is -0.268 e. The Hall–Kier alpha value is -1.73. The van der Waals surface area contributed by atoms with Gasteiger partial charge < -0.3 is 0 Å². The van der Waals surface area contributed by atoms with Gasteiger partial charge in [-0.15, -0.1) is 11.3 Å². The van der Waals surface area contributed by atoms with Gasteiger partial charge in [0.15, 0.2) is 4.96 Å². The van der Waals surface area contributed by atoms with Crippen molar-refractivity contribution < 1.29 is 9.63 Å². The number of carbonyl (C=O) groups excluding carboxylic acids is 1. The van der Waals surface area contributed by atoms with Crippen LogP contribution in [0, 0.1) is 6.92 Å². The number of carbonyl (C=O) groups is 1. The highest BCUT2D eigenvalue weighted by molar-refractivity contribution is 7.15. The van der Waals surface area contributed by atoms with Crippen LogP contribution < -0.4 is 11.0 Å². The number of thiazole rings is 1. The second-order valence-electron chi connectivity index (χ2n) is 5.12. The third-order valence-corrected chi connectivity index (χ3v) is 3.27. The summed E-state index contributed by atoms with van der Waals surface area (Å²) < 4.78 is 1.41. The number of rotatable bonds is 2. The van der Waals surface area contributed by atoms with Crippen LogP contribution in [0.2, 0.25) is 0 Å². The number of amides is 1. The Kier molecular flexibility index (Phi) is 3.42. The van der Waals surface area contributed by atoms with E-state index in [9.17, 15) is 9.59 Å². The number of aryl methyl sites for hydroxylation is 1. The van der Waals surface area contributed by atoms with E-state index >= 15 is 0 Å². The molecule has 0 aliphatic rings. The number of hydrogen-bond donors (Lipinski definition) is 1. The molecule has 0 spiro atoms. The first-order valence-electron chi connectivity index (χ1n) is 5.74. The second-order valence-corrected chi connectivity index (χ2v) is 5.95. The summed E-state index contributed by atoms with van der Waals surface area (Å²) in [6.07, 6.45) is 1.27. The maximum Gasteiger partial charge on any atom is 0.282 e. The van der Waals surface area contributed by atoms with E-state index in [2.05, 4.69) is 10.5 Å². The van der Waals surface area contributed by atoms with Crippen LogP contribution in [-0.4, -0.2) is 20.9 Å². The molecule has 0 fully saturated rings. The van der Waals surface area contributed by atoms with Crippen molar-refractivity contribution in [3.63, 3.8) is 0 Å². The highest BCUT2D eigenvalue weighted by atomic mass is 32.1. The van der Waals surface area contributed by atoms with Crippen LogP contribution in [0.25, 0.3) is 4.96 Å². The number of hydrogen-bond acceptors (Lipinski definition) is 5. The van der Waals surface area contributed by atoms with E-state index in [1.165, 1.54) is 21.9 Å². The molecule has 2 aromatic heterocycles. The lowest BCUT2D eigenvalue weighted by atomic mass is 10.2. The average molecular weight is 281 g/mol. The van der Waals surface area contributed by atoms with E-state index in [0.29, 0.717) is 4.96 Å². The predicted octanol–water partition coefficient (Wildman–Crippen LogP) is 1.52. The van der Waals surface area contributed by atoms with E-state index < -0.39 is 17.1 Å². The number of nitrogens with one attached hydrogen (secondary N) is 1. The molecule has 1 N–H and O–H groups in total. The fourth-order valence-corrected chi connectivity index (χ4v) is 2.26. The third kappa shape index (κ3) is 2.82.